The molecule has 0 N–H and O–H groups in total. The van der Waals surface area contributed by atoms with E-state index in [9.17, 15) is 0 Å². The van der Waals surface area contributed by atoms with Gasteiger partial charge in [0.15, 0.2) is 0 Å². The molecule has 2 aromatic heterocycles. The van der Waals surface area contributed by atoms with Crippen molar-refractivity contribution >= 4 is 30.0 Å². The molecule has 1 saturated carbocycles. The molecule has 0 unspecified atom stereocenters. The lowest BCUT2D eigenvalue weighted by Gasteiger charge is -2.36. The summed E-state index contributed by atoms with van der Waals surface area (Å²) in [6.07, 6.45) is 3.69. The molecule has 1 aliphatic carbocycles. The molecule has 0 atom stereocenters. The molecule has 2 aromatic rings. The topological polar surface area (TPSA) is 75.9 Å². The second-order valence-corrected chi connectivity index (χ2v) is 10.2. The minimum atomic E-state index is -0.0165. The van der Waals surface area contributed by atoms with Gasteiger partial charge in [-0.05, 0) is 36.2 Å². The quantitative estimate of drug-likeness (QED) is 0.468. The summed E-state index contributed by atoms with van der Waals surface area (Å²) in [6, 6.07) is 2.24. The Morgan fingerprint density at radius 2 is 1.83 bits per heavy atom. The molecule has 30 heavy (non-hydrogen) atoms. The Hall–Kier alpha value is -1.45. The molecule has 0 amide bonds. The van der Waals surface area contributed by atoms with E-state index in [1.54, 1.807) is 16.4 Å². The largest absolute Gasteiger partial charge is 0.354 e. The normalized spacial score (nSPS) is 17.8. The SMILES string of the molecule is Cl.Cn1nnnc1SCCCN1CCN(c2cc(C3CC3)nc(C(C)(C)C)n2)CC1. The highest BCUT2D eigenvalue weighted by atomic mass is 35.5. The van der Waals surface area contributed by atoms with Crippen LogP contribution in [-0.2, 0) is 12.5 Å². The lowest BCUT2D eigenvalue weighted by atomic mass is 9.95. The highest BCUT2D eigenvalue weighted by Gasteiger charge is 2.29. The van der Waals surface area contributed by atoms with Gasteiger partial charge in [-0.1, -0.05) is 32.5 Å². The van der Waals surface area contributed by atoms with Crippen molar-refractivity contribution in [2.75, 3.05) is 43.4 Å². The van der Waals surface area contributed by atoms with Crippen molar-refractivity contribution in [2.24, 2.45) is 7.05 Å². The Balaban J connectivity index is 0.00000256. The van der Waals surface area contributed by atoms with Crippen molar-refractivity contribution in [3.05, 3.63) is 17.6 Å². The van der Waals surface area contributed by atoms with Gasteiger partial charge < -0.3 is 4.90 Å². The van der Waals surface area contributed by atoms with E-state index >= 15 is 0 Å². The standard InChI is InChI=1S/C20H32N8S.ClH/c1-20(2,3)18-21-16(15-6-7-15)14-17(22-18)28-11-9-27(10-12-28)8-5-13-29-19-23-24-25-26(19)4;/h14-15H,5-13H2,1-4H3;1H. The van der Waals surface area contributed by atoms with Crippen LogP contribution >= 0.6 is 24.2 Å². The maximum atomic E-state index is 4.95. The molecular formula is C20H33ClN8S. The first-order valence-corrected chi connectivity index (χ1v) is 11.6. The monoisotopic (exact) mass is 452 g/mol. The van der Waals surface area contributed by atoms with E-state index in [0.29, 0.717) is 5.92 Å². The number of aromatic nitrogens is 6. The highest BCUT2D eigenvalue weighted by Crippen LogP contribution is 2.40. The van der Waals surface area contributed by atoms with E-state index in [-0.39, 0.29) is 17.8 Å². The van der Waals surface area contributed by atoms with Crippen LogP contribution in [0.2, 0.25) is 0 Å². The zero-order valence-electron chi connectivity index (χ0n) is 18.4. The number of thioether (sulfide) groups is 1. The number of hydrogen-bond donors (Lipinski definition) is 0. The molecule has 8 nitrogen and oxygen atoms in total. The molecule has 0 aromatic carbocycles. The van der Waals surface area contributed by atoms with Crippen LogP contribution in [0.15, 0.2) is 11.2 Å². The molecule has 10 heteroatoms. The second-order valence-electron chi connectivity index (χ2n) is 9.11. The first-order chi connectivity index (χ1) is 13.9. The molecule has 1 aliphatic heterocycles. The minimum absolute atomic E-state index is 0. The predicted octanol–water partition coefficient (Wildman–Crippen LogP) is 2.90. The molecule has 2 aliphatic rings. The molecule has 166 valence electrons. The number of aryl methyl sites for hydroxylation is 1. The predicted molar refractivity (Wildman–Crippen MR) is 123 cm³/mol. The number of tetrazole rings is 1. The summed E-state index contributed by atoms with van der Waals surface area (Å²) in [7, 11) is 1.88. The van der Waals surface area contributed by atoms with Crippen molar-refractivity contribution in [1.29, 1.82) is 0 Å². The molecular weight excluding hydrogens is 420 g/mol. The zero-order valence-corrected chi connectivity index (χ0v) is 20.0. The smallest absolute Gasteiger partial charge is 0.209 e. The van der Waals surface area contributed by atoms with Gasteiger partial charge in [0.2, 0.25) is 5.16 Å². The number of hydrogen-bond acceptors (Lipinski definition) is 8. The first kappa shape index (κ1) is 23.2. The number of nitrogens with zero attached hydrogens (tertiary/aromatic N) is 8. The Bertz CT molecular complexity index is 824. The fourth-order valence-electron chi connectivity index (χ4n) is 3.53. The molecule has 0 bridgehead atoms. The molecule has 2 fully saturated rings. The summed E-state index contributed by atoms with van der Waals surface area (Å²) in [5, 5.41) is 12.5. The van der Waals surface area contributed by atoms with Gasteiger partial charge in [0.1, 0.15) is 11.6 Å². The lowest BCUT2D eigenvalue weighted by molar-refractivity contribution is 0.258. The van der Waals surface area contributed by atoms with Crippen LogP contribution in [0.3, 0.4) is 0 Å². The van der Waals surface area contributed by atoms with Gasteiger partial charge in [-0.3, -0.25) is 4.90 Å². The summed E-state index contributed by atoms with van der Waals surface area (Å²) in [5.74, 6) is 3.80. The van der Waals surface area contributed by atoms with Crippen molar-refractivity contribution in [2.45, 2.75) is 56.5 Å². The summed E-state index contributed by atoms with van der Waals surface area (Å²) < 4.78 is 1.73. The Morgan fingerprint density at radius 3 is 2.43 bits per heavy atom. The van der Waals surface area contributed by atoms with Gasteiger partial charge in [-0.25, -0.2) is 14.6 Å². The maximum Gasteiger partial charge on any atom is 0.209 e. The van der Waals surface area contributed by atoms with Crippen LogP contribution in [0.1, 0.15) is 57.5 Å². The van der Waals surface area contributed by atoms with E-state index < -0.39 is 0 Å². The van der Waals surface area contributed by atoms with Crippen molar-refractivity contribution in [1.82, 2.24) is 35.1 Å². The average molecular weight is 453 g/mol. The molecule has 0 radical (unpaired) electrons. The van der Waals surface area contributed by atoms with Crippen LogP contribution in [0.5, 0.6) is 0 Å². The number of halogens is 1. The maximum absolute atomic E-state index is 4.95. The van der Waals surface area contributed by atoms with Gasteiger partial charge in [-0.15, -0.1) is 17.5 Å². The summed E-state index contributed by atoms with van der Waals surface area (Å²) >= 11 is 1.73. The highest BCUT2D eigenvalue weighted by molar-refractivity contribution is 7.99. The van der Waals surface area contributed by atoms with Crippen LogP contribution in [0.25, 0.3) is 0 Å². The molecule has 0 spiro atoms. The lowest BCUT2D eigenvalue weighted by Crippen LogP contribution is -2.47. The summed E-state index contributed by atoms with van der Waals surface area (Å²) in [4.78, 5) is 14.8. The number of piperazine rings is 1. The fourth-order valence-corrected chi connectivity index (χ4v) is 4.31. The molecule has 4 rings (SSSR count). The van der Waals surface area contributed by atoms with E-state index in [1.165, 1.54) is 18.5 Å². The van der Waals surface area contributed by atoms with Crippen molar-refractivity contribution < 1.29 is 0 Å². The minimum Gasteiger partial charge on any atom is -0.354 e. The van der Waals surface area contributed by atoms with Crippen LogP contribution in [0, 0.1) is 0 Å². The third kappa shape index (κ3) is 5.82. The third-order valence-electron chi connectivity index (χ3n) is 5.53. The van der Waals surface area contributed by atoms with Gasteiger partial charge in [0.25, 0.3) is 0 Å². The van der Waals surface area contributed by atoms with E-state index in [2.05, 4.69) is 52.2 Å². The van der Waals surface area contributed by atoms with Gasteiger partial charge in [0.05, 0.1) is 0 Å². The van der Waals surface area contributed by atoms with Crippen LogP contribution < -0.4 is 4.90 Å². The summed E-state index contributed by atoms with van der Waals surface area (Å²) in [5.41, 5.74) is 1.23. The average Bonchev–Trinajstić information content (AvgIpc) is 3.47. The Labute approximate surface area is 189 Å². The number of rotatable bonds is 7. The summed E-state index contributed by atoms with van der Waals surface area (Å²) in [6.45, 7) is 12.0. The van der Waals surface area contributed by atoms with Crippen LogP contribution in [0.4, 0.5) is 5.82 Å². The van der Waals surface area contributed by atoms with Crippen molar-refractivity contribution in [3.8, 4) is 0 Å². The first-order valence-electron chi connectivity index (χ1n) is 10.6. The van der Waals surface area contributed by atoms with Gasteiger partial charge >= 0.3 is 0 Å². The molecule has 3 heterocycles. The van der Waals surface area contributed by atoms with Gasteiger partial charge in [-0.2, -0.15) is 0 Å². The van der Waals surface area contributed by atoms with E-state index in [1.807, 2.05) is 7.05 Å². The van der Waals surface area contributed by atoms with Crippen molar-refractivity contribution in [3.63, 3.8) is 0 Å². The number of anilines is 1. The molecule has 1 saturated heterocycles. The van der Waals surface area contributed by atoms with Gasteiger partial charge in [0, 0.05) is 62.1 Å². The van der Waals surface area contributed by atoms with E-state index in [4.69, 9.17) is 9.97 Å². The second kappa shape index (κ2) is 9.78. The zero-order chi connectivity index (χ0) is 20.4. The van der Waals surface area contributed by atoms with E-state index in [0.717, 1.165) is 61.7 Å². The third-order valence-corrected chi connectivity index (χ3v) is 6.62. The Morgan fingerprint density at radius 1 is 1.10 bits per heavy atom. The Kier molecular flexibility index (Phi) is 7.57. The van der Waals surface area contributed by atoms with Crippen LogP contribution in [-0.4, -0.2) is 73.6 Å². The fraction of sp³-hybridized carbons (Fsp3) is 0.750.